The molecule has 0 aromatic rings. The highest BCUT2D eigenvalue weighted by Gasteiger charge is 2.44. The largest absolute Gasteiger partial charge is 0.393 e. The summed E-state index contributed by atoms with van der Waals surface area (Å²) < 4.78 is 0. The van der Waals surface area contributed by atoms with Gasteiger partial charge in [0.2, 0.25) is 0 Å². The van der Waals surface area contributed by atoms with Crippen LogP contribution >= 0.6 is 0 Å². The zero-order valence-corrected chi connectivity index (χ0v) is 11.1. The standard InChI is InChI=1S/C16H26O/c1-2-3-4-5-6-7-10-16-11-8-9-14(16)12-15(17)13-16/h7-8,10-11,14-15,17H,2-6,9,12-13H2,1H3/b10-7-/t14-,15+,16-/m0/s1. The van der Waals surface area contributed by atoms with Crippen LogP contribution in [0.2, 0.25) is 0 Å². The summed E-state index contributed by atoms with van der Waals surface area (Å²) in [7, 11) is 0. The molecule has 3 atom stereocenters. The first-order valence-corrected chi connectivity index (χ1v) is 7.30. The molecule has 0 unspecified atom stereocenters. The van der Waals surface area contributed by atoms with Crippen LogP contribution in [0.5, 0.6) is 0 Å². The molecule has 1 N–H and O–H groups in total. The monoisotopic (exact) mass is 234 g/mol. The van der Waals surface area contributed by atoms with E-state index in [2.05, 4.69) is 31.2 Å². The molecule has 0 spiro atoms. The van der Waals surface area contributed by atoms with Gasteiger partial charge in [-0.3, -0.25) is 0 Å². The maximum absolute atomic E-state index is 9.81. The lowest BCUT2D eigenvalue weighted by Gasteiger charge is -2.23. The Balaban J connectivity index is 1.80. The first-order valence-electron chi connectivity index (χ1n) is 7.30. The van der Waals surface area contributed by atoms with Gasteiger partial charge >= 0.3 is 0 Å². The molecule has 0 aromatic heterocycles. The van der Waals surface area contributed by atoms with Gasteiger partial charge in [0.15, 0.2) is 0 Å². The van der Waals surface area contributed by atoms with E-state index in [4.69, 9.17) is 0 Å². The third kappa shape index (κ3) is 3.01. The van der Waals surface area contributed by atoms with E-state index in [9.17, 15) is 5.11 Å². The lowest BCUT2D eigenvalue weighted by atomic mass is 9.80. The summed E-state index contributed by atoms with van der Waals surface area (Å²) in [5.74, 6) is 0.671. The number of allylic oxidation sites excluding steroid dienone is 4. The number of hydrogen-bond acceptors (Lipinski definition) is 1. The number of hydrogen-bond donors (Lipinski definition) is 1. The Morgan fingerprint density at radius 3 is 3.06 bits per heavy atom. The molecule has 1 nitrogen and oxygen atoms in total. The molecule has 0 bridgehead atoms. The van der Waals surface area contributed by atoms with Crippen LogP contribution < -0.4 is 0 Å². The second-order valence-corrected chi connectivity index (χ2v) is 5.79. The molecule has 1 heteroatoms. The Bertz CT molecular complexity index is 292. The lowest BCUT2D eigenvalue weighted by Crippen LogP contribution is -2.16. The minimum Gasteiger partial charge on any atom is -0.393 e. The maximum atomic E-state index is 9.81. The zero-order valence-electron chi connectivity index (χ0n) is 11.1. The number of unbranched alkanes of at least 4 members (excludes halogenated alkanes) is 4. The van der Waals surface area contributed by atoms with Crippen molar-refractivity contribution in [2.24, 2.45) is 11.3 Å². The van der Waals surface area contributed by atoms with Crippen molar-refractivity contribution >= 4 is 0 Å². The molecule has 17 heavy (non-hydrogen) atoms. The summed E-state index contributed by atoms with van der Waals surface area (Å²) in [6, 6.07) is 0. The molecule has 0 aromatic carbocycles. The van der Waals surface area contributed by atoms with Gasteiger partial charge in [-0.1, -0.05) is 50.5 Å². The topological polar surface area (TPSA) is 20.2 Å². The van der Waals surface area contributed by atoms with E-state index in [-0.39, 0.29) is 11.5 Å². The predicted octanol–water partition coefficient (Wildman–Crippen LogP) is 4.23. The van der Waals surface area contributed by atoms with Gasteiger partial charge in [0.05, 0.1) is 6.10 Å². The minimum absolute atomic E-state index is 0.0744. The third-order valence-corrected chi connectivity index (χ3v) is 4.41. The quantitative estimate of drug-likeness (QED) is 0.538. The number of rotatable bonds is 6. The van der Waals surface area contributed by atoms with Gasteiger partial charge in [0.25, 0.3) is 0 Å². The first kappa shape index (κ1) is 12.9. The zero-order chi connectivity index (χ0) is 12.1. The Hall–Kier alpha value is -0.560. The van der Waals surface area contributed by atoms with E-state index in [1.54, 1.807) is 0 Å². The fraction of sp³-hybridized carbons (Fsp3) is 0.750. The van der Waals surface area contributed by atoms with E-state index in [1.165, 1.54) is 32.1 Å². The lowest BCUT2D eigenvalue weighted by molar-refractivity contribution is 0.173. The van der Waals surface area contributed by atoms with Gasteiger partial charge in [-0.2, -0.15) is 0 Å². The van der Waals surface area contributed by atoms with Gasteiger partial charge < -0.3 is 5.11 Å². The highest BCUT2D eigenvalue weighted by molar-refractivity contribution is 5.23. The molecule has 0 heterocycles. The molecule has 0 amide bonds. The van der Waals surface area contributed by atoms with Gasteiger partial charge in [0.1, 0.15) is 0 Å². The molecule has 96 valence electrons. The van der Waals surface area contributed by atoms with Crippen LogP contribution in [0.1, 0.15) is 58.3 Å². The average Bonchev–Trinajstić information content (AvgIpc) is 2.79. The molecular weight excluding hydrogens is 208 g/mol. The van der Waals surface area contributed by atoms with Crippen molar-refractivity contribution in [3.63, 3.8) is 0 Å². The van der Waals surface area contributed by atoms with Crippen molar-refractivity contribution < 1.29 is 5.11 Å². The number of aliphatic hydroxyl groups is 1. The molecule has 2 aliphatic carbocycles. The van der Waals surface area contributed by atoms with E-state index in [0.717, 1.165) is 19.3 Å². The Labute approximate surface area is 106 Å². The first-order chi connectivity index (χ1) is 8.27. The van der Waals surface area contributed by atoms with Crippen molar-refractivity contribution in [3.05, 3.63) is 24.3 Å². The van der Waals surface area contributed by atoms with Crippen LogP contribution in [0.3, 0.4) is 0 Å². The normalized spacial score (nSPS) is 35.9. The van der Waals surface area contributed by atoms with Crippen molar-refractivity contribution in [3.8, 4) is 0 Å². The summed E-state index contributed by atoms with van der Waals surface area (Å²) in [5, 5.41) is 9.81. The Morgan fingerprint density at radius 1 is 1.35 bits per heavy atom. The van der Waals surface area contributed by atoms with Gasteiger partial charge in [0, 0.05) is 5.41 Å². The van der Waals surface area contributed by atoms with E-state index < -0.39 is 0 Å². The molecule has 0 saturated heterocycles. The second-order valence-electron chi connectivity index (χ2n) is 5.79. The summed E-state index contributed by atoms with van der Waals surface area (Å²) in [4.78, 5) is 0. The minimum atomic E-state index is -0.0744. The predicted molar refractivity (Wildman–Crippen MR) is 72.8 cm³/mol. The van der Waals surface area contributed by atoms with Crippen LogP contribution in [-0.4, -0.2) is 11.2 Å². The molecular formula is C16H26O. The molecule has 0 aliphatic heterocycles. The average molecular weight is 234 g/mol. The van der Waals surface area contributed by atoms with Crippen LogP contribution in [-0.2, 0) is 0 Å². The SMILES string of the molecule is CCCCCC/C=C\[C@@]12C=CC[C@H]1C[C@@H](O)C2. The summed E-state index contributed by atoms with van der Waals surface area (Å²) in [5.41, 5.74) is 0.212. The highest BCUT2D eigenvalue weighted by Crippen LogP contribution is 2.51. The summed E-state index contributed by atoms with van der Waals surface area (Å²) in [6.07, 6.45) is 19.0. The fourth-order valence-electron chi connectivity index (χ4n) is 3.43. The van der Waals surface area contributed by atoms with Crippen molar-refractivity contribution in [2.75, 3.05) is 0 Å². The third-order valence-electron chi connectivity index (χ3n) is 4.41. The van der Waals surface area contributed by atoms with E-state index >= 15 is 0 Å². The number of aliphatic hydroxyl groups excluding tert-OH is 1. The summed E-state index contributed by atoms with van der Waals surface area (Å²) >= 11 is 0. The van der Waals surface area contributed by atoms with Crippen molar-refractivity contribution in [1.82, 2.24) is 0 Å². The molecule has 2 rings (SSSR count). The van der Waals surface area contributed by atoms with Gasteiger partial charge in [-0.15, -0.1) is 0 Å². The van der Waals surface area contributed by atoms with E-state index in [1.807, 2.05) is 0 Å². The van der Waals surface area contributed by atoms with Crippen molar-refractivity contribution in [2.45, 2.75) is 64.4 Å². The Morgan fingerprint density at radius 2 is 2.24 bits per heavy atom. The fourth-order valence-corrected chi connectivity index (χ4v) is 3.43. The van der Waals surface area contributed by atoms with Crippen LogP contribution in [0.25, 0.3) is 0 Å². The Kier molecular flexibility index (Phi) is 4.44. The molecule has 1 fully saturated rings. The van der Waals surface area contributed by atoms with Crippen molar-refractivity contribution in [1.29, 1.82) is 0 Å². The molecule has 1 saturated carbocycles. The molecule has 2 aliphatic rings. The van der Waals surface area contributed by atoms with Gasteiger partial charge in [-0.25, -0.2) is 0 Å². The van der Waals surface area contributed by atoms with Crippen LogP contribution in [0.15, 0.2) is 24.3 Å². The smallest absolute Gasteiger partial charge is 0.0554 e. The van der Waals surface area contributed by atoms with E-state index in [0.29, 0.717) is 5.92 Å². The number of fused-ring (bicyclic) bond motifs is 1. The maximum Gasteiger partial charge on any atom is 0.0554 e. The van der Waals surface area contributed by atoms with Gasteiger partial charge in [-0.05, 0) is 38.0 Å². The van der Waals surface area contributed by atoms with Crippen LogP contribution in [0, 0.1) is 11.3 Å². The highest BCUT2D eigenvalue weighted by atomic mass is 16.3. The second kappa shape index (κ2) is 5.86. The summed E-state index contributed by atoms with van der Waals surface area (Å²) in [6.45, 7) is 2.25. The van der Waals surface area contributed by atoms with Crippen LogP contribution in [0.4, 0.5) is 0 Å². The molecule has 0 radical (unpaired) electrons.